The van der Waals surface area contributed by atoms with Gasteiger partial charge in [-0.1, -0.05) is 48.0 Å². The number of esters is 1. The minimum absolute atomic E-state index is 0.0254. The number of allylic oxidation sites excluding steroid dienone is 1. The fourth-order valence-corrected chi connectivity index (χ4v) is 4.00. The van der Waals surface area contributed by atoms with Crippen LogP contribution in [0.25, 0.3) is 0 Å². The number of benzene rings is 2. The molecule has 1 atom stereocenters. The second-order valence-corrected chi connectivity index (χ2v) is 7.99. The molecule has 1 aliphatic rings. The Morgan fingerprint density at radius 3 is 2.48 bits per heavy atom. The van der Waals surface area contributed by atoms with Crippen molar-refractivity contribution in [3.8, 4) is 0 Å². The van der Waals surface area contributed by atoms with E-state index in [1.807, 2.05) is 69.3 Å². The van der Waals surface area contributed by atoms with Gasteiger partial charge >= 0.3 is 5.97 Å². The molecule has 170 valence electrons. The van der Waals surface area contributed by atoms with Crippen molar-refractivity contribution < 1.29 is 14.3 Å². The van der Waals surface area contributed by atoms with E-state index in [0.29, 0.717) is 17.2 Å². The van der Waals surface area contributed by atoms with Crippen molar-refractivity contribution in [1.82, 2.24) is 14.8 Å². The summed E-state index contributed by atoms with van der Waals surface area (Å²) in [6, 6.07) is 15.0. The molecule has 0 bridgehead atoms. The molecule has 0 unspecified atom stereocenters. The first-order chi connectivity index (χ1) is 15.9. The molecule has 0 spiro atoms. The van der Waals surface area contributed by atoms with Crippen LogP contribution in [0, 0.1) is 13.8 Å². The summed E-state index contributed by atoms with van der Waals surface area (Å²) in [5, 5.41) is 7.35. The van der Waals surface area contributed by atoms with Gasteiger partial charge in [0.1, 0.15) is 18.9 Å². The van der Waals surface area contributed by atoms with E-state index in [4.69, 9.17) is 4.74 Å². The molecule has 0 aliphatic carbocycles. The number of nitrogens with one attached hydrogen (secondary N) is 1. The van der Waals surface area contributed by atoms with E-state index in [1.54, 1.807) is 16.5 Å². The Morgan fingerprint density at radius 2 is 1.79 bits per heavy atom. The zero-order valence-corrected chi connectivity index (χ0v) is 19.2. The maximum Gasteiger partial charge on any atom is 0.338 e. The molecule has 0 radical (unpaired) electrons. The van der Waals surface area contributed by atoms with Crippen LogP contribution in [-0.4, -0.2) is 39.8 Å². The lowest BCUT2D eigenvalue weighted by atomic mass is 9.94. The third kappa shape index (κ3) is 4.37. The molecule has 1 N–H and O–H groups in total. The molecule has 3 aromatic rings. The summed E-state index contributed by atoms with van der Waals surface area (Å²) in [5.74, 6) is -0.174. The molecule has 0 saturated heterocycles. The molecule has 4 rings (SSSR count). The molecule has 8 nitrogen and oxygen atoms in total. The fraction of sp³-hybridized carbons (Fsp3) is 0.280. The van der Waals surface area contributed by atoms with E-state index in [2.05, 4.69) is 15.4 Å². The first kappa shape index (κ1) is 22.3. The van der Waals surface area contributed by atoms with Gasteiger partial charge in [0.25, 0.3) is 0 Å². The lowest BCUT2D eigenvalue weighted by Gasteiger charge is -2.35. The van der Waals surface area contributed by atoms with Gasteiger partial charge in [0.05, 0.1) is 12.2 Å². The third-order valence-corrected chi connectivity index (χ3v) is 5.72. The van der Waals surface area contributed by atoms with Gasteiger partial charge in [-0.3, -0.25) is 4.79 Å². The summed E-state index contributed by atoms with van der Waals surface area (Å²) in [4.78, 5) is 32.2. The number of ether oxygens (including phenoxy) is 1. The highest BCUT2D eigenvalue weighted by atomic mass is 16.5. The number of amides is 1. The van der Waals surface area contributed by atoms with Crippen molar-refractivity contribution in [1.29, 1.82) is 0 Å². The molecule has 0 fully saturated rings. The molecule has 33 heavy (non-hydrogen) atoms. The molecular formula is C25H27N5O3. The second kappa shape index (κ2) is 9.28. The van der Waals surface area contributed by atoms with E-state index in [9.17, 15) is 9.59 Å². The minimum Gasteiger partial charge on any atom is -0.463 e. The predicted octanol–water partition coefficient (Wildman–Crippen LogP) is 3.78. The lowest BCUT2D eigenvalue weighted by molar-refractivity contribution is -0.139. The first-order valence-electron chi connectivity index (χ1n) is 10.9. The van der Waals surface area contributed by atoms with E-state index in [0.717, 1.165) is 22.4 Å². The molecule has 1 amide bonds. The molecule has 2 heterocycles. The summed E-state index contributed by atoms with van der Waals surface area (Å²) >= 11 is 0. The van der Waals surface area contributed by atoms with Gasteiger partial charge in [-0.05, 0) is 44.9 Å². The summed E-state index contributed by atoms with van der Waals surface area (Å²) in [6.45, 7) is 7.74. The van der Waals surface area contributed by atoms with Crippen LogP contribution in [0.15, 0.2) is 66.1 Å². The largest absolute Gasteiger partial charge is 0.463 e. The summed E-state index contributed by atoms with van der Waals surface area (Å²) in [7, 11) is 0. The number of aromatic nitrogens is 3. The Kier molecular flexibility index (Phi) is 6.26. The first-order valence-corrected chi connectivity index (χ1v) is 10.9. The average Bonchev–Trinajstić information content (AvgIpc) is 3.27. The van der Waals surface area contributed by atoms with Crippen LogP contribution in [0.3, 0.4) is 0 Å². The number of para-hydroxylation sites is 1. The second-order valence-electron chi connectivity index (χ2n) is 7.99. The molecular weight excluding hydrogens is 418 g/mol. The molecule has 8 heteroatoms. The normalized spacial score (nSPS) is 15.3. The Bertz CT molecular complexity index is 1210. The van der Waals surface area contributed by atoms with Gasteiger partial charge in [0.15, 0.2) is 0 Å². The van der Waals surface area contributed by atoms with E-state index in [1.165, 1.54) is 6.33 Å². The van der Waals surface area contributed by atoms with Gasteiger partial charge in [-0.15, -0.1) is 0 Å². The van der Waals surface area contributed by atoms with Crippen molar-refractivity contribution in [3.63, 3.8) is 0 Å². The molecule has 1 aliphatic heterocycles. The van der Waals surface area contributed by atoms with Gasteiger partial charge in [-0.2, -0.15) is 10.1 Å². The summed E-state index contributed by atoms with van der Waals surface area (Å²) in [6.07, 6.45) is 1.43. The maximum atomic E-state index is 13.1. The zero-order valence-electron chi connectivity index (χ0n) is 19.2. The van der Waals surface area contributed by atoms with Crippen LogP contribution in [0.1, 0.15) is 36.6 Å². The topological polar surface area (TPSA) is 89.3 Å². The van der Waals surface area contributed by atoms with E-state index < -0.39 is 12.0 Å². The molecule has 1 aromatic heterocycles. The van der Waals surface area contributed by atoms with Crippen LogP contribution < -0.4 is 10.2 Å². The highest BCUT2D eigenvalue weighted by Crippen LogP contribution is 2.38. The van der Waals surface area contributed by atoms with Crippen molar-refractivity contribution >= 4 is 23.5 Å². The minimum atomic E-state index is -0.502. The van der Waals surface area contributed by atoms with Gasteiger partial charge in [0, 0.05) is 11.4 Å². The van der Waals surface area contributed by atoms with Crippen molar-refractivity contribution in [2.24, 2.45) is 0 Å². The average molecular weight is 446 g/mol. The number of hydrogen-bond donors (Lipinski definition) is 1. The van der Waals surface area contributed by atoms with Crippen molar-refractivity contribution in [3.05, 3.63) is 82.8 Å². The number of anilines is 2. The molecule has 0 saturated carbocycles. The third-order valence-electron chi connectivity index (χ3n) is 5.72. The smallest absolute Gasteiger partial charge is 0.338 e. The fourth-order valence-electron chi connectivity index (χ4n) is 4.00. The number of aryl methyl sites for hydroxylation is 2. The summed E-state index contributed by atoms with van der Waals surface area (Å²) < 4.78 is 7.07. The SMILES string of the molecule is CCOC(=O)C1=C(C)N(CC(=O)Nc2ccccc2C)c2ncnn2[C@H]1c1ccc(C)cc1. The number of hydrogen-bond acceptors (Lipinski definition) is 6. The number of carbonyl (C=O) groups excluding carboxylic acids is 2. The van der Waals surface area contributed by atoms with Gasteiger partial charge in [0.2, 0.25) is 11.9 Å². The van der Waals surface area contributed by atoms with Crippen molar-refractivity contribution in [2.75, 3.05) is 23.4 Å². The lowest BCUT2D eigenvalue weighted by Crippen LogP contribution is -2.41. The van der Waals surface area contributed by atoms with Crippen LogP contribution in [0.2, 0.25) is 0 Å². The van der Waals surface area contributed by atoms with Crippen molar-refractivity contribution in [2.45, 2.75) is 33.7 Å². The Hall–Kier alpha value is -3.94. The highest BCUT2D eigenvalue weighted by molar-refractivity contribution is 5.97. The Balaban J connectivity index is 1.74. The number of nitrogens with zero attached hydrogens (tertiary/aromatic N) is 4. The van der Waals surface area contributed by atoms with Crippen LogP contribution >= 0.6 is 0 Å². The number of carbonyl (C=O) groups is 2. The van der Waals surface area contributed by atoms with Gasteiger partial charge in [-0.25, -0.2) is 9.48 Å². The van der Waals surface area contributed by atoms with Gasteiger partial charge < -0.3 is 15.0 Å². The number of fused-ring (bicyclic) bond motifs is 1. The summed E-state index contributed by atoms with van der Waals surface area (Å²) in [5.41, 5.74) is 4.75. The quantitative estimate of drug-likeness (QED) is 0.581. The van der Waals surface area contributed by atoms with E-state index >= 15 is 0 Å². The monoisotopic (exact) mass is 445 g/mol. The molecule has 2 aromatic carbocycles. The zero-order chi connectivity index (χ0) is 23.5. The Morgan fingerprint density at radius 1 is 1.06 bits per heavy atom. The van der Waals surface area contributed by atoms with E-state index in [-0.39, 0.29) is 19.1 Å². The predicted molar refractivity (Wildman–Crippen MR) is 126 cm³/mol. The number of rotatable bonds is 6. The van der Waals surface area contributed by atoms with Crippen LogP contribution in [0.4, 0.5) is 11.6 Å². The standard InChI is InChI=1S/C25H27N5O3/c1-5-33-24(32)22-18(4)29(14-21(31)28-20-9-7-6-8-17(20)3)25-26-15-27-30(25)23(22)19-12-10-16(2)11-13-19/h6-13,15,23H,5,14H2,1-4H3,(H,28,31)/t23-/m0/s1. The maximum absolute atomic E-state index is 13.1. The Labute approximate surface area is 192 Å². The highest BCUT2D eigenvalue weighted by Gasteiger charge is 2.38. The van der Waals surface area contributed by atoms with Crippen LogP contribution in [0.5, 0.6) is 0 Å². The van der Waals surface area contributed by atoms with Crippen LogP contribution in [-0.2, 0) is 14.3 Å².